The van der Waals surface area contributed by atoms with Crippen LogP contribution in [0.1, 0.15) is 10.4 Å². The zero-order valence-electron chi connectivity index (χ0n) is 9.61. The Kier molecular flexibility index (Phi) is 3.63. The van der Waals surface area contributed by atoms with Gasteiger partial charge in [0, 0.05) is 5.02 Å². The van der Waals surface area contributed by atoms with Crippen molar-refractivity contribution in [1.82, 2.24) is 0 Å². The van der Waals surface area contributed by atoms with E-state index in [4.69, 9.17) is 11.6 Å². The van der Waals surface area contributed by atoms with E-state index in [1.807, 2.05) is 0 Å². The molecule has 0 spiro atoms. The Labute approximate surface area is 109 Å². The minimum atomic E-state index is -0.458. The Morgan fingerprint density at radius 3 is 2.39 bits per heavy atom. The molecular weight excluding hydrogens is 255 g/mol. The molecule has 0 aliphatic carbocycles. The summed E-state index contributed by atoms with van der Waals surface area (Å²) >= 11 is 5.95. The third kappa shape index (κ3) is 2.68. The third-order valence-electron chi connectivity index (χ3n) is 2.50. The van der Waals surface area contributed by atoms with Crippen molar-refractivity contribution in [3.63, 3.8) is 0 Å². The fourth-order valence-electron chi connectivity index (χ4n) is 1.63. The van der Waals surface area contributed by atoms with Crippen molar-refractivity contribution < 1.29 is 13.9 Å². The van der Waals surface area contributed by atoms with Crippen LogP contribution in [0.4, 0.5) is 4.39 Å². The number of esters is 1. The normalized spacial score (nSPS) is 10.2. The molecule has 0 heterocycles. The van der Waals surface area contributed by atoms with Crippen molar-refractivity contribution in [3.05, 3.63) is 58.9 Å². The molecule has 2 aromatic rings. The zero-order valence-corrected chi connectivity index (χ0v) is 10.4. The SMILES string of the molecule is COC(=O)c1cc(Cl)cc(-c2ccc(F)cc2)c1. The molecule has 2 aromatic carbocycles. The van der Waals surface area contributed by atoms with Gasteiger partial charge in [-0.05, 0) is 41.5 Å². The van der Waals surface area contributed by atoms with Crippen LogP contribution in [0.3, 0.4) is 0 Å². The second-order valence-electron chi connectivity index (χ2n) is 3.73. The third-order valence-corrected chi connectivity index (χ3v) is 2.71. The summed E-state index contributed by atoms with van der Waals surface area (Å²) in [7, 11) is 1.31. The summed E-state index contributed by atoms with van der Waals surface area (Å²) in [5, 5.41) is 0.428. The van der Waals surface area contributed by atoms with Gasteiger partial charge in [0.2, 0.25) is 0 Å². The minimum absolute atomic E-state index is 0.311. The first-order valence-electron chi connectivity index (χ1n) is 5.25. The van der Waals surface area contributed by atoms with E-state index in [-0.39, 0.29) is 5.82 Å². The summed E-state index contributed by atoms with van der Waals surface area (Å²) in [5.41, 5.74) is 1.89. The van der Waals surface area contributed by atoms with E-state index in [1.54, 1.807) is 24.3 Å². The lowest BCUT2D eigenvalue weighted by atomic mass is 10.0. The Hall–Kier alpha value is -1.87. The fraction of sp³-hybridized carbons (Fsp3) is 0.0714. The molecule has 0 aliphatic rings. The van der Waals surface area contributed by atoms with Gasteiger partial charge in [0.1, 0.15) is 5.82 Å². The summed E-state index contributed by atoms with van der Waals surface area (Å²) in [4.78, 5) is 11.5. The molecule has 0 saturated heterocycles. The molecule has 0 fully saturated rings. The number of carbonyl (C=O) groups excluding carboxylic acids is 1. The van der Waals surface area contributed by atoms with Crippen LogP contribution in [-0.4, -0.2) is 13.1 Å². The lowest BCUT2D eigenvalue weighted by Gasteiger charge is -2.06. The predicted octanol–water partition coefficient (Wildman–Crippen LogP) is 3.93. The molecular formula is C14H10ClFO2. The van der Waals surface area contributed by atoms with Crippen LogP contribution in [0, 0.1) is 5.82 Å². The highest BCUT2D eigenvalue weighted by atomic mass is 35.5. The van der Waals surface area contributed by atoms with Gasteiger partial charge in [-0.2, -0.15) is 0 Å². The summed E-state index contributed by atoms with van der Waals surface area (Å²) in [6.07, 6.45) is 0. The molecule has 92 valence electrons. The molecule has 0 N–H and O–H groups in total. The molecule has 2 rings (SSSR count). The summed E-state index contributed by atoms with van der Waals surface area (Å²) in [6.45, 7) is 0. The first-order chi connectivity index (χ1) is 8.60. The molecule has 2 nitrogen and oxygen atoms in total. The quantitative estimate of drug-likeness (QED) is 0.768. The highest BCUT2D eigenvalue weighted by Crippen LogP contribution is 2.25. The monoisotopic (exact) mass is 264 g/mol. The van der Waals surface area contributed by atoms with Gasteiger partial charge in [-0.1, -0.05) is 23.7 Å². The highest BCUT2D eigenvalue weighted by molar-refractivity contribution is 6.31. The Morgan fingerprint density at radius 2 is 1.78 bits per heavy atom. The van der Waals surface area contributed by atoms with Crippen LogP contribution in [0.25, 0.3) is 11.1 Å². The first-order valence-corrected chi connectivity index (χ1v) is 5.63. The molecule has 18 heavy (non-hydrogen) atoms. The van der Waals surface area contributed by atoms with Gasteiger partial charge in [0.25, 0.3) is 0 Å². The van der Waals surface area contributed by atoms with Gasteiger partial charge in [-0.25, -0.2) is 9.18 Å². The van der Waals surface area contributed by atoms with Crippen molar-refractivity contribution in [3.8, 4) is 11.1 Å². The van der Waals surface area contributed by atoms with Crippen molar-refractivity contribution in [2.75, 3.05) is 7.11 Å². The van der Waals surface area contributed by atoms with Gasteiger partial charge in [-0.3, -0.25) is 0 Å². The summed E-state index contributed by atoms with van der Waals surface area (Å²) < 4.78 is 17.5. The number of rotatable bonds is 2. The predicted molar refractivity (Wildman–Crippen MR) is 68.2 cm³/mol. The maximum absolute atomic E-state index is 12.8. The zero-order chi connectivity index (χ0) is 13.1. The molecule has 0 aromatic heterocycles. The van der Waals surface area contributed by atoms with Crippen LogP contribution in [0.5, 0.6) is 0 Å². The van der Waals surface area contributed by atoms with E-state index >= 15 is 0 Å². The molecule has 0 radical (unpaired) electrons. The van der Waals surface area contributed by atoms with E-state index in [0.29, 0.717) is 10.6 Å². The molecule has 0 atom stereocenters. The van der Waals surface area contributed by atoms with Crippen LogP contribution in [0.15, 0.2) is 42.5 Å². The van der Waals surface area contributed by atoms with E-state index < -0.39 is 5.97 Å². The van der Waals surface area contributed by atoms with Gasteiger partial charge >= 0.3 is 5.97 Å². The van der Waals surface area contributed by atoms with Crippen molar-refractivity contribution in [2.24, 2.45) is 0 Å². The van der Waals surface area contributed by atoms with E-state index in [1.165, 1.54) is 25.3 Å². The molecule has 0 saturated carbocycles. The van der Waals surface area contributed by atoms with Gasteiger partial charge in [0.15, 0.2) is 0 Å². The van der Waals surface area contributed by atoms with Crippen LogP contribution in [0.2, 0.25) is 5.02 Å². The number of halogens is 2. The van der Waals surface area contributed by atoms with Crippen molar-refractivity contribution >= 4 is 17.6 Å². The standard InChI is InChI=1S/C14H10ClFO2/c1-18-14(17)11-6-10(7-12(15)8-11)9-2-4-13(16)5-3-9/h2-8H,1H3. The van der Waals surface area contributed by atoms with Crippen molar-refractivity contribution in [1.29, 1.82) is 0 Å². The van der Waals surface area contributed by atoms with Crippen molar-refractivity contribution in [2.45, 2.75) is 0 Å². The largest absolute Gasteiger partial charge is 0.465 e. The summed E-state index contributed by atoms with van der Waals surface area (Å²) in [5.74, 6) is -0.769. The topological polar surface area (TPSA) is 26.3 Å². The average molecular weight is 265 g/mol. The molecule has 0 aliphatic heterocycles. The van der Waals surface area contributed by atoms with Gasteiger partial charge in [-0.15, -0.1) is 0 Å². The lowest BCUT2D eigenvalue weighted by molar-refractivity contribution is 0.0601. The number of ether oxygens (including phenoxy) is 1. The van der Waals surface area contributed by atoms with Crippen LogP contribution in [-0.2, 0) is 4.74 Å². The Balaban J connectivity index is 2.48. The minimum Gasteiger partial charge on any atom is -0.465 e. The van der Waals surface area contributed by atoms with E-state index in [2.05, 4.69) is 4.74 Å². The van der Waals surface area contributed by atoms with E-state index in [0.717, 1.165) is 11.1 Å². The second-order valence-corrected chi connectivity index (χ2v) is 4.16. The average Bonchev–Trinajstić information content (AvgIpc) is 2.38. The summed E-state index contributed by atoms with van der Waals surface area (Å²) in [6, 6.07) is 10.9. The highest BCUT2D eigenvalue weighted by Gasteiger charge is 2.09. The smallest absolute Gasteiger partial charge is 0.337 e. The van der Waals surface area contributed by atoms with E-state index in [9.17, 15) is 9.18 Å². The Bertz CT molecular complexity index is 579. The second kappa shape index (κ2) is 5.19. The molecule has 4 heteroatoms. The van der Waals surface area contributed by atoms with Gasteiger partial charge < -0.3 is 4.74 Å². The number of hydrogen-bond donors (Lipinski definition) is 0. The molecule has 0 bridgehead atoms. The number of hydrogen-bond acceptors (Lipinski definition) is 2. The van der Waals surface area contributed by atoms with Crippen LogP contribution < -0.4 is 0 Å². The maximum atomic E-state index is 12.8. The van der Waals surface area contributed by atoms with Crippen LogP contribution >= 0.6 is 11.6 Å². The van der Waals surface area contributed by atoms with Gasteiger partial charge in [0.05, 0.1) is 12.7 Å². The molecule has 0 amide bonds. The first kappa shape index (κ1) is 12.6. The fourth-order valence-corrected chi connectivity index (χ4v) is 1.87. The lowest BCUT2D eigenvalue weighted by Crippen LogP contribution is -2.01. The number of methoxy groups -OCH3 is 1. The Morgan fingerprint density at radius 1 is 1.11 bits per heavy atom. The number of benzene rings is 2. The molecule has 0 unspecified atom stereocenters. The maximum Gasteiger partial charge on any atom is 0.337 e. The number of carbonyl (C=O) groups is 1.